The van der Waals surface area contributed by atoms with Gasteiger partial charge in [-0.1, -0.05) is 48.5 Å². The molecule has 0 saturated carbocycles. The third-order valence-corrected chi connectivity index (χ3v) is 7.86. The van der Waals surface area contributed by atoms with E-state index >= 15 is 0 Å². The smallest absolute Gasteiger partial charge is 0.251 e. The molecule has 0 radical (unpaired) electrons. The molecule has 196 valence electrons. The number of hydrogen-bond acceptors (Lipinski definition) is 5. The van der Waals surface area contributed by atoms with Gasteiger partial charge in [0.1, 0.15) is 13.2 Å². The SMILES string of the molecule is Cc1cc(=O)n(CCN2CCC(NCc3ccc4c(c3)OCCO4)CC2)c2cc(-c3ccccc3)ccc12. The second kappa shape index (κ2) is 11.0. The number of piperidine rings is 1. The van der Waals surface area contributed by atoms with E-state index < -0.39 is 0 Å². The van der Waals surface area contributed by atoms with E-state index in [-0.39, 0.29) is 5.56 Å². The predicted molar refractivity (Wildman–Crippen MR) is 152 cm³/mol. The molecule has 4 aromatic rings. The molecule has 38 heavy (non-hydrogen) atoms. The summed E-state index contributed by atoms with van der Waals surface area (Å²) in [6, 6.07) is 25.3. The van der Waals surface area contributed by atoms with Crippen LogP contribution in [0.5, 0.6) is 11.5 Å². The number of rotatable bonds is 7. The summed E-state index contributed by atoms with van der Waals surface area (Å²) in [5, 5.41) is 4.87. The minimum absolute atomic E-state index is 0.0798. The van der Waals surface area contributed by atoms with Gasteiger partial charge < -0.3 is 24.3 Å². The van der Waals surface area contributed by atoms with E-state index in [9.17, 15) is 4.79 Å². The molecule has 0 aliphatic carbocycles. The van der Waals surface area contributed by atoms with Crippen molar-refractivity contribution in [1.29, 1.82) is 0 Å². The highest BCUT2D eigenvalue weighted by Gasteiger charge is 2.20. The number of ether oxygens (including phenoxy) is 2. The summed E-state index contributed by atoms with van der Waals surface area (Å²) in [6.45, 7) is 7.73. The zero-order chi connectivity index (χ0) is 25.9. The Labute approximate surface area is 223 Å². The summed E-state index contributed by atoms with van der Waals surface area (Å²) in [7, 11) is 0. The second-order valence-corrected chi connectivity index (χ2v) is 10.4. The second-order valence-electron chi connectivity index (χ2n) is 10.4. The first-order valence-corrected chi connectivity index (χ1v) is 13.7. The molecule has 1 saturated heterocycles. The first-order chi connectivity index (χ1) is 18.6. The number of likely N-dealkylation sites (tertiary alicyclic amines) is 1. The molecular formula is C32H35N3O3. The van der Waals surface area contributed by atoms with Gasteiger partial charge in [0, 0.05) is 37.1 Å². The fourth-order valence-electron chi connectivity index (χ4n) is 5.65. The van der Waals surface area contributed by atoms with Gasteiger partial charge >= 0.3 is 0 Å². The van der Waals surface area contributed by atoms with E-state index in [0.717, 1.165) is 72.5 Å². The van der Waals surface area contributed by atoms with Crippen molar-refractivity contribution in [1.82, 2.24) is 14.8 Å². The van der Waals surface area contributed by atoms with Gasteiger partial charge in [0.25, 0.3) is 5.56 Å². The topological polar surface area (TPSA) is 55.7 Å². The maximum Gasteiger partial charge on any atom is 0.251 e. The molecule has 0 atom stereocenters. The predicted octanol–water partition coefficient (Wildman–Crippen LogP) is 5.00. The van der Waals surface area contributed by atoms with Crippen LogP contribution in [0.25, 0.3) is 22.0 Å². The summed E-state index contributed by atoms with van der Waals surface area (Å²) in [6.07, 6.45) is 2.21. The van der Waals surface area contributed by atoms with E-state index in [1.807, 2.05) is 23.6 Å². The molecule has 6 nitrogen and oxygen atoms in total. The highest BCUT2D eigenvalue weighted by molar-refractivity contribution is 5.87. The maximum atomic E-state index is 13.1. The molecule has 0 amide bonds. The van der Waals surface area contributed by atoms with Gasteiger partial charge in [-0.15, -0.1) is 0 Å². The lowest BCUT2D eigenvalue weighted by molar-refractivity contribution is 0.171. The highest BCUT2D eigenvalue weighted by Crippen LogP contribution is 2.31. The molecule has 2 aliphatic heterocycles. The zero-order valence-corrected chi connectivity index (χ0v) is 22.0. The molecule has 1 aromatic heterocycles. The zero-order valence-electron chi connectivity index (χ0n) is 22.0. The van der Waals surface area contributed by atoms with Gasteiger partial charge in [0.05, 0.1) is 5.52 Å². The molecule has 2 aliphatic rings. The Bertz CT molecular complexity index is 1470. The molecule has 6 heteroatoms. The largest absolute Gasteiger partial charge is 0.486 e. The minimum atomic E-state index is 0.0798. The third-order valence-electron chi connectivity index (χ3n) is 7.86. The molecule has 0 spiro atoms. The van der Waals surface area contributed by atoms with E-state index in [4.69, 9.17) is 9.47 Å². The number of benzene rings is 3. The van der Waals surface area contributed by atoms with Gasteiger partial charge in [0.15, 0.2) is 11.5 Å². The summed E-state index contributed by atoms with van der Waals surface area (Å²) >= 11 is 0. The van der Waals surface area contributed by atoms with Gasteiger partial charge in [-0.2, -0.15) is 0 Å². The van der Waals surface area contributed by atoms with E-state index in [2.05, 4.69) is 64.8 Å². The first-order valence-electron chi connectivity index (χ1n) is 13.7. The number of pyridine rings is 1. The van der Waals surface area contributed by atoms with Crippen molar-refractivity contribution in [2.75, 3.05) is 32.8 Å². The van der Waals surface area contributed by atoms with Crippen molar-refractivity contribution in [3.63, 3.8) is 0 Å². The van der Waals surface area contributed by atoms with Crippen LogP contribution in [0, 0.1) is 6.92 Å². The summed E-state index contributed by atoms with van der Waals surface area (Å²) in [5.74, 6) is 1.69. The van der Waals surface area contributed by atoms with Gasteiger partial charge in [-0.3, -0.25) is 4.79 Å². The number of hydrogen-bond donors (Lipinski definition) is 1. The van der Waals surface area contributed by atoms with Crippen molar-refractivity contribution < 1.29 is 9.47 Å². The van der Waals surface area contributed by atoms with E-state index in [1.54, 1.807) is 6.07 Å². The Morgan fingerprint density at radius 1 is 0.842 bits per heavy atom. The molecule has 6 rings (SSSR count). The van der Waals surface area contributed by atoms with Gasteiger partial charge in [-0.05, 0) is 73.3 Å². The van der Waals surface area contributed by atoms with Crippen molar-refractivity contribution in [3.05, 3.63) is 94.3 Å². The van der Waals surface area contributed by atoms with Crippen LogP contribution in [-0.4, -0.2) is 48.4 Å². The lowest BCUT2D eigenvalue weighted by Gasteiger charge is -2.32. The number of aromatic nitrogens is 1. The Morgan fingerprint density at radius 3 is 2.45 bits per heavy atom. The molecule has 1 fully saturated rings. The molecule has 3 aromatic carbocycles. The summed E-state index contributed by atoms with van der Waals surface area (Å²) in [5.41, 5.74) is 5.66. The Balaban J connectivity index is 1.08. The van der Waals surface area contributed by atoms with E-state index in [1.165, 1.54) is 11.1 Å². The van der Waals surface area contributed by atoms with Crippen LogP contribution in [-0.2, 0) is 13.1 Å². The number of aryl methyl sites for hydroxylation is 1. The van der Waals surface area contributed by atoms with Gasteiger partial charge in [0.2, 0.25) is 0 Å². The third kappa shape index (κ3) is 5.33. The normalized spacial score (nSPS) is 16.1. The average Bonchev–Trinajstić information content (AvgIpc) is 2.96. The van der Waals surface area contributed by atoms with Crippen LogP contribution in [0.15, 0.2) is 77.6 Å². The average molecular weight is 510 g/mol. The Morgan fingerprint density at radius 2 is 1.63 bits per heavy atom. The maximum absolute atomic E-state index is 13.1. The number of fused-ring (bicyclic) bond motifs is 2. The van der Waals surface area contributed by atoms with Crippen molar-refractivity contribution in [2.45, 2.75) is 38.9 Å². The monoisotopic (exact) mass is 509 g/mol. The molecule has 3 heterocycles. The fourth-order valence-corrected chi connectivity index (χ4v) is 5.65. The van der Waals surface area contributed by atoms with E-state index in [0.29, 0.717) is 25.8 Å². The van der Waals surface area contributed by atoms with Crippen molar-refractivity contribution in [2.24, 2.45) is 0 Å². The summed E-state index contributed by atoms with van der Waals surface area (Å²) < 4.78 is 13.3. The lowest BCUT2D eigenvalue weighted by atomic mass is 10.0. The quantitative estimate of drug-likeness (QED) is 0.380. The fraction of sp³-hybridized carbons (Fsp3) is 0.344. The Kier molecular flexibility index (Phi) is 7.16. The molecule has 0 unspecified atom stereocenters. The van der Waals surface area contributed by atoms with Crippen LogP contribution in [0.1, 0.15) is 24.0 Å². The van der Waals surface area contributed by atoms with Crippen LogP contribution < -0.4 is 20.3 Å². The van der Waals surface area contributed by atoms with Gasteiger partial charge in [-0.25, -0.2) is 0 Å². The molecular weight excluding hydrogens is 474 g/mol. The molecule has 1 N–H and O–H groups in total. The van der Waals surface area contributed by atoms with Crippen LogP contribution in [0.3, 0.4) is 0 Å². The number of nitrogens with one attached hydrogen (secondary N) is 1. The van der Waals surface area contributed by atoms with Crippen LogP contribution in [0.2, 0.25) is 0 Å². The lowest BCUT2D eigenvalue weighted by Crippen LogP contribution is -2.43. The molecule has 0 bridgehead atoms. The Hall–Kier alpha value is -3.61. The first kappa shape index (κ1) is 24.7. The minimum Gasteiger partial charge on any atom is -0.486 e. The number of nitrogens with zero attached hydrogens (tertiary/aromatic N) is 2. The van der Waals surface area contributed by atoms with Crippen molar-refractivity contribution >= 4 is 10.9 Å². The van der Waals surface area contributed by atoms with Crippen LogP contribution in [0.4, 0.5) is 0 Å². The van der Waals surface area contributed by atoms with Crippen molar-refractivity contribution in [3.8, 4) is 22.6 Å². The standard InChI is InChI=1S/C32H35N3O3/c1-23-19-32(36)35(29-21-26(8-9-28(23)29)25-5-3-2-4-6-25)16-15-34-13-11-27(12-14-34)33-22-24-7-10-30-31(20-24)38-18-17-37-30/h2-10,19-21,27,33H,11-18,22H2,1H3. The highest BCUT2D eigenvalue weighted by atomic mass is 16.6. The van der Waals surface area contributed by atoms with Crippen LogP contribution >= 0.6 is 0 Å². The summed E-state index contributed by atoms with van der Waals surface area (Å²) in [4.78, 5) is 15.5.